The molecule has 0 N–H and O–H groups in total. The number of hydrogen-bond donors (Lipinski definition) is 0. The lowest BCUT2D eigenvalue weighted by Gasteiger charge is -2.34. The van der Waals surface area contributed by atoms with Crippen LogP contribution in [-0.2, 0) is 0 Å². The van der Waals surface area contributed by atoms with Gasteiger partial charge in [0.15, 0.2) is 0 Å². The van der Waals surface area contributed by atoms with E-state index < -0.39 is 0 Å². The zero-order valence-electron chi connectivity index (χ0n) is 16.3. The van der Waals surface area contributed by atoms with Gasteiger partial charge in [-0.1, -0.05) is 18.2 Å². The number of aromatic nitrogens is 5. The zero-order valence-corrected chi connectivity index (χ0v) is 16.3. The van der Waals surface area contributed by atoms with E-state index in [1.165, 1.54) is 12.0 Å². The molecule has 0 bridgehead atoms. The number of nitrogens with zero attached hydrogens (tertiary/aromatic N) is 6. The predicted molar refractivity (Wildman–Crippen MR) is 111 cm³/mol. The highest BCUT2D eigenvalue weighted by Gasteiger charge is 2.24. The average Bonchev–Trinajstić information content (AvgIpc) is 3.28. The topological polar surface area (TPSA) is 68.4 Å². The summed E-state index contributed by atoms with van der Waals surface area (Å²) in [4.78, 5) is 15.8. The van der Waals surface area contributed by atoms with Crippen LogP contribution in [0.5, 0.6) is 5.75 Å². The summed E-state index contributed by atoms with van der Waals surface area (Å²) < 4.78 is 7.12. The van der Waals surface area contributed by atoms with E-state index in [4.69, 9.17) is 4.74 Å². The Morgan fingerprint density at radius 2 is 1.93 bits per heavy atom. The van der Waals surface area contributed by atoms with Crippen LogP contribution >= 0.6 is 0 Å². The molecule has 1 fully saturated rings. The first-order valence-corrected chi connectivity index (χ1v) is 9.83. The normalized spacial score (nSPS) is 16.9. The van der Waals surface area contributed by atoms with Gasteiger partial charge in [0, 0.05) is 31.3 Å². The van der Waals surface area contributed by atoms with Gasteiger partial charge in [-0.05, 0) is 42.7 Å². The predicted octanol–water partition coefficient (Wildman–Crippen LogP) is 3.58. The Kier molecular flexibility index (Phi) is 4.56. The third-order valence-electron chi connectivity index (χ3n) is 5.49. The van der Waals surface area contributed by atoms with E-state index in [0.717, 1.165) is 42.5 Å². The number of ether oxygens (including phenoxy) is 1. The maximum absolute atomic E-state index is 5.30. The number of methoxy groups -OCH3 is 1. The van der Waals surface area contributed by atoms with E-state index in [1.807, 2.05) is 34.8 Å². The van der Waals surface area contributed by atoms with Gasteiger partial charge in [-0.3, -0.25) is 4.98 Å². The lowest BCUT2D eigenvalue weighted by molar-refractivity contribution is 0.414. The number of anilines is 1. The standard InChI is InChI=1S/C22H22N6O/c1-29-18-9-7-16(8-10-18)17-5-4-12-27(14-17)21-13-20(19-6-2-3-11-23-19)26-22-24-15-25-28(21)22/h2-3,6-11,13,15,17H,4-5,12,14H2,1H3. The quantitative estimate of drug-likeness (QED) is 0.534. The number of fused-ring (bicyclic) bond motifs is 1. The van der Waals surface area contributed by atoms with Gasteiger partial charge in [0.1, 0.15) is 17.9 Å². The Balaban J connectivity index is 1.50. The van der Waals surface area contributed by atoms with Gasteiger partial charge in [0.25, 0.3) is 5.78 Å². The van der Waals surface area contributed by atoms with Crippen molar-refractivity contribution in [3.8, 4) is 17.1 Å². The van der Waals surface area contributed by atoms with Crippen LogP contribution in [0.25, 0.3) is 17.2 Å². The molecule has 146 valence electrons. The number of rotatable bonds is 4. The van der Waals surface area contributed by atoms with Crippen molar-refractivity contribution in [2.24, 2.45) is 0 Å². The van der Waals surface area contributed by atoms with E-state index in [2.05, 4.69) is 43.1 Å². The van der Waals surface area contributed by atoms with Gasteiger partial charge in [-0.2, -0.15) is 14.6 Å². The van der Waals surface area contributed by atoms with Crippen LogP contribution in [0, 0.1) is 0 Å². The summed E-state index contributed by atoms with van der Waals surface area (Å²) >= 11 is 0. The van der Waals surface area contributed by atoms with Crippen molar-refractivity contribution >= 4 is 11.6 Å². The van der Waals surface area contributed by atoms with Crippen molar-refractivity contribution in [2.45, 2.75) is 18.8 Å². The van der Waals surface area contributed by atoms with Crippen LogP contribution in [0.2, 0.25) is 0 Å². The van der Waals surface area contributed by atoms with Gasteiger partial charge < -0.3 is 9.64 Å². The summed E-state index contributed by atoms with van der Waals surface area (Å²) in [6.07, 6.45) is 5.62. The highest BCUT2D eigenvalue weighted by molar-refractivity contribution is 5.63. The fourth-order valence-corrected chi connectivity index (χ4v) is 4.00. The van der Waals surface area contributed by atoms with Crippen molar-refractivity contribution in [1.82, 2.24) is 24.6 Å². The molecule has 1 unspecified atom stereocenters. The van der Waals surface area contributed by atoms with Crippen molar-refractivity contribution in [1.29, 1.82) is 0 Å². The summed E-state index contributed by atoms with van der Waals surface area (Å²) in [6, 6.07) is 16.3. The van der Waals surface area contributed by atoms with E-state index >= 15 is 0 Å². The van der Waals surface area contributed by atoms with Gasteiger partial charge >= 0.3 is 0 Å². The monoisotopic (exact) mass is 386 g/mol. The minimum Gasteiger partial charge on any atom is -0.497 e. The molecule has 0 aliphatic carbocycles. The van der Waals surface area contributed by atoms with Gasteiger partial charge in [0.2, 0.25) is 0 Å². The highest BCUT2D eigenvalue weighted by atomic mass is 16.5. The van der Waals surface area contributed by atoms with Crippen LogP contribution in [0.1, 0.15) is 24.3 Å². The molecular weight excluding hydrogens is 364 g/mol. The van der Waals surface area contributed by atoms with Gasteiger partial charge in [0.05, 0.1) is 18.5 Å². The molecule has 1 aliphatic rings. The minimum atomic E-state index is 0.458. The maximum atomic E-state index is 5.30. The highest BCUT2D eigenvalue weighted by Crippen LogP contribution is 2.32. The Labute approximate surface area is 169 Å². The molecule has 1 saturated heterocycles. The number of hydrogen-bond acceptors (Lipinski definition) is 6. The molecule has 1 aromatic carbocycles. The second-order valence-corrected chi connectivity index (χ2v) is 7.24. The van der Waals surface area contributed by atoms with E-state index in [0.29, 0.717) is 11.7 Å². The zero-order chi connectivity index (χ0) is 19.6. The van der Waals surface area contributed by atoms with Crippen molar-refractivity contribution < 1.29 is 4.74 Å². The third-order valence-corrected chi connectivity index (χ3v) is 5.49. The van der Waals surface area contributed by atoms with Crippen molar-refractivity contribution in [3.05, 3.63) is 66.6 Å². The summed E-state index contributed by atoms with van der Waals surface area (Å²) in [5.41, 5.74) is 2.99. The largest absolute Gasteiger partial charge is 0.497 e. The molecule has 0 radical (unpaired) electrons. The van der Waals surface area contributed by atoms with Crippen molar-refractivity contribution in [3.63, 3.8) is 0 Å². The molecule has 1 atom stereocenters. The first-order valence-electron chi connectivity index (χ1n) is 9.83. The molecular formula is C22H22N6O. The lowest BCUT2D eigenvalue weighted by atomic mass is 9.90. The lowest BCUT2D eigenvalue weighted by Crippen LogP contribution is -2.35. The Morgan fingerprint density at radius 1 is 1.03 bits per heavy atom. The summed E-state index contributed by atoms with van der Waals surface area (Å²) in [5, 5.41) is 4.41. The number of piperidine rings is 1. The molecule has 0 spiro atoms. The SMILES string of the molecule is COc1ccc(C2CCCN(c3cc(-c4ccccn4)nc4ncnn34)C2)cc1. The van der Waals surface area contributed by atoms with Crippen LogP contribution in [0.15, 0.2) is 61.1 Å². The number of benzene rings is 1. The summed E-state index contributed by atoms with van der Waals surface area (Å²) in [7, 11) is 1.70. The smallest absolute Gasteiger partial charge is 0.254 e. The number of pyridine rings is 1. The molecule has 7 nitrogen and oxygen atoms in total. The second-order valence-electron chi connectivity index (χ2n) is 7.24. The van der Waals surface area contributed by atoms with Crippen LogP contribution in [0.4, 0.5) is 5.82 Å². The summed E-state index contributed by atoms with van der Waals surface area (Å²) in [5.74, 6) is 2.95. The fraction of sp³-hybridized carbons (Fsp3) is 0.273. The molecule has 5 rings (SSSR count). The molecule has 7 heteroatoms. The van der Waals surface area contributed by atoms with E-state index in [1.54, 1.807) is 19.6 Å². The minimum absolute atomic E-state index is 0.458. The first kappa shape index (κ1) is 17.6. The van der Waals surface area contributed by atoms with Gasteiger partial charge in [-0.15, -0.1) is 0 Å². The van der Waals surface area contributed by atoms with Crippen LogP contribution < -0.4 is 9.64 Å². The van der Waals surface area contributed by atoms with E-state index in [-0.39, 0.29) is 0 Å². The summed E-state index contributed by atoms with van der Waals surface area (Å²) in [6.45, 7) is 1.90. The second kappa shape index (κ2) is 7.50. The fourth-order valence-electron chi connectivity index (χ4n) is 4.00. The maximum Gasteiger partial charge on any atom is 0.254 e. The Morgan fingerprint density at radius 3 is 2.72 bits per heavy atom. The van der Waals surface area contributed by atoms with Crippen LogP contribution in [0.3, 0.4) is 0 Å². The first-order chi connectivity index (χ1) is 14.3. The van der Waals surface area contributed by atoms with Crippen LogP contribution in [-0.4, -0.2) is 44.8 Å². The average molecular weight is 386 g/mol. The molecule has 1 aliphatic heterocycles. The van der Waals surface area contributed by atoms with Gasteiger partial charge in [-0.25, -0.2) is 4.98 Å². The molecule has 4 heterocycles. The molecule has 0 amide bonds. The van der Waals surface area contributed by atoms with E-state index in [9.17, 15) is 0 Å². The molecule has 29 heavy (non-hydrogen) atoms. The van der Waals surface area contributed by atoms with Crippen molar-refractivity contribution in [2.75, 3.05) is 25.1 Å². The molecule has 3 aromatic heterocycles. The Hall–Kier alpha value is -3.48. The molecule has 4 aromatic rings. The molecule has 0 saturated carbocycles. The Bertz CT molecular complexity index is 1110. The third kappa shape index (κ3) is 3.40.